The monoisotopic (exact) mass is 422 g/mol. The number of anilines is 1. The second kappa shape index (κ2) is 7.37. The number of ether oxygens (including phenoxy) is 1. The van der Waals surface area contributed by atoms with Gasteiger partial charge in [-0.15, -0.1) is 0 Å². The van der Waals surface area contributed by atoms with Crippen molar-refractivity contribution < 1.29 is 22.4 Å². The number of carbonyl (C=O) groups is 1. The molecule has 0 radical (unpaired) electrons. The Labute approximate surface area is 167 Å². The van der Waals surface area contributed by atoms with E-state index in [0.717, 1.165) is 5.69 Å². The van der Waals surface area contributed by atoms with E-state index < -0.39 is 15.9 Å². The normalized spacial score (nSPS) is 11.5. The average molecular weight is 423 g/mol. The molecule has 3 aromatic rings. The lowest BCUT2D eigenvalue weighted by Crippen LogP contribution is -2.30. The lowest BCUT2D eigenvalue weighted by atomic mass is 10.2. The van der Waals surface area contributed by atoms with Crippen LogP contribution in [0.2, 0.25) is 5.02 Å². The third-order valence-electron chi connectivity index (χ3n) is 4.21. The summed E-state index contributed by atoms with van der Waals surface area (Å²) >= 11 is 6.04. The number of hydrogen-bond acceptors (Lipinski definition) is 6. The van der Waals surface area contributed by atoms with E-state index in [2.05, 4.69) is 0 Å². The van der Waals surface area contributed by atoms with Crippen molar-refractivity contribution in [3.8, 4) is 5.75 Å². The van der Waals surface area contributed by atoms with E-state index in [9.17, 15) is 13.2 Å². The summed E-state index contributed by atoms with van der Waals surface area (Å²) in [5.41, 5.74) is 2.02. The maximum atomic E-state index is 12.7. The standard InChI is InChI=1S/C19H19ClN2O5S/c1-11-7-16(26-4)18(10-14(11)20)28(24,25)21-19(23)17-8-12-5-6-13(22(2)3)9-15(12)27-17/h5-10H,1-4H3,(H,21,23). The van der Waals surface area contributed by atoms with E-state index >= 15 is 0 Å². The van der Waals surface area contributed by atoms with Crippen LogP contribution in [0.5, 0.6) is 5.75 Å². The summed E-state index contributed by atoms with van der Waals surface area (Å²) in [5.74, 6) is -0.921. The van der Waals surface area contributed by atoms with E-state index in [-0.39, 0.29) is 21.4 Å². The van der Waals surface area contributed by atoms with Gasteiger partial charge in [0.2, 0.25) is 0 Å². The van der Waals surface area contributed by atoms with Crippen molar-refractivity contribution in [3.05, 3.63) is 52.7 Å². The minimum atomic E-state index is -4.23. The number of sulfonamides is 1. The number of fused-ring (bicyclic) bond motifs is 1. The number of halogens is 1. The molecule has 0 bridgehead atoms. The summed E-state index contributed by atoms with van der Waals surface area (Å²) in [6.07, 6.45) is 0. The highest BCUT2D eigenvalue weighted by Gasteiger charge is 2.25. The van der Waals surface area contributed by atoms with Gasteiger partial charge in [-0.2, -0.15) is 0 Å². The highest BCUT2D eigenvalue weighted by atomic mass is 35.5. The van der Waals surface area contributed by atoms with Gasteiger partial charge in [0, 0.05) is 36.3 Å². The van der Waals surface area contributed by atoms with Gasteiger partial charge in [0.25, 0.3) is 10.0 Å². The number of carbonyl (C=O) groups excluding carboxylic acids is 1. The fourth-order valence-corrected chi connectivity index (χ4v) is 4.01. The fourth-order valence-electron chi connectivity index (χ4n) is 2.64. The zero-order chi connectivity index (χ0) is 20.6. The third-order valence-corrected chi connectivity index (χ3v) is 5.96. The molecule has 148 valence electrons. The Morgan fingerprint density at radius 1 is 1.18 bits per heavy atom. The number of furan rings is 1. The van der Waals surface area contributed by atoms with E-state index in [1.807, 2.05) is 29.8 Å². The van der Waals surface area contributed by atoms with E-state index in [1.165, 1.54) is 25.3 Å². The molecule has 1 N–H and O–H groups in total. The van der Waals surface area contributed by atoms with Gasteiger partial charge < -0.3 is 14.1 Å². The van der Waals surface area contributed by atoms with Gasteiger partial charge in [-0.3, -0.25) is 4.79 Å². The summed E-state index contributed by atoms with van der Waals surface area (Å²) < 4.78 is 38.1. The second-order valence-corrected chi connectivity index (χ2v) is 8.47. The average Bonchev–Trinajstić information content (AvgIpc) is 3.06. The first kappa shape index (κ1) is 20.0. The molecule has 1 aromatic heterocycles. The molecule has 2 aromatic carbocycles. The van der Waals surface area contributed by atoms with Crippen molar-refractivity contribution in [1.82, 2.24) is 4.72 Å². The van der Waals surface area contributed by atoms with Crippen LogP contribution < -0.4 is 14.4 Å². The Morgan fingerprint density at radius 3 is 2.54 bits per heavy atom. The van der Waals surface area contributed by atoms with E-state index in [1.54, 1.807) is 19.1 Å². The first-order chi connectivity index (χ1) is 13.1. The molecule has 9 heteroatoms. The molecule has 0 fully saturated rings. The topological polar surface area (TPSA) is 88.8 Å². The first-order valence-corrected chi connectivity index (χ1v) is 10.1. The number of hydrogen-bond donors (Lipinski definition) is 1. The summed E-state index contributed by atoms with van der Waals surface area (Å²) in [7, 11) is 0.871. The number of nitrogens with one attached hydrogen (secondary N) is 1. The van der Waals surface area contributed by atoms with Crippen molar-refractivity contribution >= 4 is 44.2 Å². The van der Waals surface area contributed by atoms with Gasteiger partial charge in [-0.1, -0.05) is 11.6 Å². The van der Waals surface area contributed by atoms with Crippen molar-refractivity contribution in [2.75, 3.05) is 26.1 Å². The molecule has 0 atom stereocenters. The van der Waals surface area contributed by atoms with Gasteiger partial charge in [-0.25, -0.2) is 13.1 Å². The quantitative estimate of drug-likeness (QED) is 0.675. The maximum Gasteiger partial charge on any atom is 0.300 e. The maximum absolute atomic E-state index is 12.7. The molecule has 0 aliphatic rings. The van der Waals surface area contributed by atoms with Crippen LogP contribution >= 0.6 is 11.6 Å². The van der Waals surface area contributed by atoms with Crippen LogP contribution in [0.3, 0.4) is 0 Å². The van der Waals surface area contributed by atoms with Crippen LogP contribution in [-0.2, 0) is 10.0 Å². The fraction of sp³-hybridized carbons (Fsp3) is 0.211. The Hall–Kier alpha value is -2.71. The van der Waals surface area contributed by atoms with Crippen molar-refractivity contribution in [3.63, 3.8) is 0 Å². The number of methoxy groups -OCH3 is 1. The van der Waals surface area contributed by atoms with Gasteiger partial charge >= 0.3 is 5.91 Å². The first-order valence-electron chi connectivity index (χ1n) is 8.24. The zero-order valence-electron chi connectivity index (χ0n) is 15.7. The van der Waals surface area contributed by atoms with E-state index in [4.69, 9.17) is 20.8 Å². The molecule has 0 saturated carbocycles. The molecule has 28 heavy (non-hydrogen) atoms. The van der Waals surface area contributed by atoms with Crippen LogP contribution in [0.25, 0.3) is 11.0 Å². The molecule has 7 nitrogen and oxygen atoms in total. The summed E-state index contributed by atoms with van der Waals surface area (Å²) in [5, 5.41) is 0.928. The Bertz CT molecular complexity index is 1170. The molecule has 0 aliphatic heterocycles. The Balaban J connectivity index is 1.94. The van der Waals surface area contributed by atoms with Gasteiger partial charge in [-0.05, 0) is 42.8 Å². The lowest BCUT2D eigenvalue weighted by molar-refractivity contribution is 0.0956. The second-order valence-electron chi connectivity index (χ2n) is 6.41. The van der Waals surface area contributed by atoms with Crippen LogP contribution in [0.1, 0.15) is 16.1 Å². The van der Waals surface area contributed by atoms with Gasteiger partial charge in [0.1, 0.15) is 16.2 Å². The highest BCUT2D eigenvalue weighted by Crippen LogP contribution is 2.30. The predicted octanol–water partition coefficient (Wildman–Crippen LogP) is 3.59. The molecular formula is C19H19ClN2O5S. The van der Waals surface area contributed by atoms with Crippen LogP contribution in [0.4, 0.5) is 5.69 Å². The van der Waals surface area contributed by atoms with Crippen molar-refractivity contribution in [2.45, 2.75) is 11.8 Å². The number of aryl methyl sites for hydroxylation is 1. The Morgan fingerprint density at radius 2 is 1.89 bits per heavy atom. The Kier molecular flexibility index (Phi) is 5.27. The highest BCUT2D eigenvalue weighted by molar-refractivity contribution is 7.90. The summed E-state index contributed by atoms with van der Waals surface area (Å²) in [6, 6.07) is 9.65. The third kappa shape index (κ3) is 3.79. The van der Waals surface area contributed by atoms with Crippen LogP contribution in [-0.4, -0.2) is 35.5 Å². The number of benzene rings is 2. The number of nitrogens with zero attached hydrogens (tertiary/aromatic N) is 1. The van der Waals surface area contributed by atoms with Crippen molar-refractivity contribution in [2.24, 2.45) is 0 Å². The zero-order valence-corrected chi connectivity index (χ0v) is 17.3. The smallest absolute Gasteiger partial charge is 0.300 e. The van der Waals surface area contributed by atoms with E-state index in [0.29, 0.717) is 16.5 Å². The minimum Gasteiger partial charge on any atom is -0.495 e. The predicted molar refractivity (Wildman–Crippen MR) is 108 cm³/mol. The molecule has 1 heterocycles. The van der Waals surface area contributed by atoms with Crippen molar-refractivity contribution in [1.29, 1.82) is 0 Å². The van der Waals surface area contributed by atoms with Gasteiger partial charge in [0.15, 0.2) is 5.76 Å². The number of amides is 1. The largest absolute Gasteiger partial charge is 0.495 e. The molecule has 0 unspecified atom stereocenters. The summed E-state index contributed by atoms with van der Waals surface area (Å²) in [6.45, 7) is 1.72. The van der Waals surface area contributed by atoms with Crippen LogP contribution in [0, 0.1) is 6.92 Å². The van der Waals surface area contributed by atoms with Crippen LogP contribution in [0.15, 0.2) is 45.7 Å². The van der Waals surface area contributed by atoms with Gasteiger partial charge in [0.05, 0.1) is 7.11 Å². The lowest BCUT2D eigenvalue weighted by Gasteiger charge is -2.12. The molecule has 0 spiro atoms. The number of rotatable bonds is 5. The summed E-state index contributed by atoms with van der Waals surface area (Å²) in [4.78, 5) is 14.2. The molecule has 0 aliphatic carbocycles. The molecular weight excluding hydrogens is 404 g/mol. The molecule has 0 saturated heterocycles. The SMILES string of the molecule is COc1cc(C)c(Cl)cc1S(=O)(=O)NC(=O)c1cc2ccc(N(C)C)cc2o1. The molecule has 3 rings (SSSR count). The molecule has 1 amide bonds. The minimum absolute atomic E-state index is 0.0856.